The summed E-state index contributed by atoms with van der Waals surface area (Å²) in [6.07, 6.45) is 6.31. The fourth-order valence-electron chi connectivity index (χ4n) is 2.41. The van der Waals surface area contributed by atoms with E-state index in [4.69, 9.17) is 9.47 Å². The SMILES string of the molecule is CCCCCCC1OC1(C)COC(=O)c1ccccc1. The molecule has 2 unspecified atom stereocenters. The van der Waals surface area contributed by atoms with Crippen LogP contribution in [0.2, 0.25) is 0 Å². The number of esters is 1. The molecule has 0 spiro atoms. The molecule has 20 heavy (non-hydrogen) atoms. The molecule has 3 heteroatoms. The molecule has 3 nitrogen and oxygen atoms in total. The molecule has 1 saturated heterocycles. The summed E-state index contributed by atoms with van der Waals surface area (Å²) in [6.45, 7) is 4.58. The zero-order valence-electron chi connectivity index (χ0n) is 12.4. The van der Waals surface area contributed by atoms with Gasteiger partial charge >= 0.3 is 5.97 Å². The minimum atomic E-state index is -0.271. The van der Waals surface area contributed by atoms with Crippen LogP contribution in [0.15, 0.2) is 30.3 Å². The molecule has 1 aromatic rings. The molecule has 1 heterocycles. The molecular formula is C17H24O3. The van der Waals surface area contributed by atoms with E-state index in [-0.39, 0.29) is 17.7 Å². The molecule has 0 aromatic heterocycles. The number of epoxide rings is 1. The number of carbonyl (C=O) groups is 1. The highest BCUT2D eigenvalue weighted by molar-refractivity contribution is 5.89. The van der Waals surface area contributed by atoms with Crippen LogP contribution in [0.25, 0.3) is 0 Å². The molecule has 1 aliphatic heterocycles. The van der Waals surface area contributed by atoms with Crippen molar-refractivity contribution in [2.75, 3.05) is 6.61 Å². The van der Waals surface area contributed by atoms with E-state index in [1.165, 1.54) is 25.7 Å². The van der Waals surface area contributed by atoms with Crippen LogP contribution in [-0.2, 0) is 9.47 Å². The van der Waals surface area contributed by atoms with E-state index in [1.54, 1.807) is 12.1 Å². The predicted molar refractivity (Wildman–Crippen MR) is 78.8 cm³/mol. The van der Waals surface area contributed by atoms with Crippen LogP contribution < -0.4 is 0 Å². The maximum atomic E-state index is 11.8. The van der Waals surface area contributed by atoms with Crippen LogP contribution in [0.4, 0.5) is 0 Å². The molecule has 1 aliphatic rings. The van der Waals surface area contributed by atoms with Gasteiger partial charge in [-0.05, 0) is 25.5 Å². The maximum Gasteiger partial charge on any atom is 0.338 e. The summed E-state index contributed by atoms with van der Waals surface area (Å²) >= 11 is 0. The first-order valence-corrected chi connectivity index (χ1v) is 7.56. The summed E-state index contributed by atoms with van der Waals surface area (Å²) in [5, 5.41) is 0. The molecule has 0 saturated carbocycles. The van der Waals surface area contributed by atoms with Crippen LogP contribution in [0, 0.1) is 0 Å². The van der Waals surface area contributed by atoms with E-state index < -0.39 is 0 Å². The van der Waals surface area contributed by atoms with Crippen molar-refractivity contribution in [3.63, 3.8) is 0 Å². The molecule has 110 valence electrons. The quantitative estimate of drug-likeness (QED) is 0.409. The Kier molecular flexibility index (Phi) is 5.18. The Morgan fingerprint density at radius 3 is 2.70 bits per heavy atom. The van der Waals surface area contributed by atoms with Gasteiger partial charge in [0.2, 0.25) is 0 Å². The fraction of sp³-hybridized carbons (Fsp3) is 0.588. The molecule has 0 N–H and O–H groups in total. The fourth-order valence-corrected chi connectivity index (χ4v) is 2.41. The molecule has 0 aliphatic carbocycles. The second kappa shape index (κ2) is 6.89. The number of ether oxygens (including phenoxy) is 2. The Morgan fingerprint density at radius 1 is 1.25 bits per heavy atom. The predicted octanol–water partition coefficient (Wildman–Crippen LogP) is 3.97. The number of unbranched alkanes of at least 4 members (excludes halogenated alkanes) is 3. The lowest BCUT2D eigenvalue weighted by molar-refractivity contribution is 0.0411. The Balaban J connectivity index is 1.68. The summed E-state index contributed by atoms with van der Waals surface area (Å²) in [5.41, 5.74) is 0.327. The molecule has 0 bridgehead atoms. The normalized spacial score (nSPS) is 24.4. The molecule has 1 aromatic carbocycles. The third kappa shape index (κ3) is 4.07. The van der Waals surface area contributed by atoms with E-state index in [2.05, 4.69) is 6.92 Å². The second-order valence-corrected chi connectivity index (χ2v) is 5.71. The summed E-state index contributed by atoms with van der Waals surface area (Å²) in [6, 6.07) is 9.08. The minimum Gasteiger partial charge on any atom is -0.459 e. The molecule has 0 amide bonds. The van der Waals surface area contributed by atoms with Crippen molar-refractivity contribution in [3.05, 3.63) is 35.9 Å². The Morgan fingerprint density at radius 2 is 2.00 bits per heavy atom. The first-order valence-electron chi connectivity index (χ1n) is 7.56. The van der Waals surface area contributed by atoms with Gasteiger partial charge in [-0.1, -0.05) is 50.8 Å². The highest BCUT2D eigenvalue weighted by atomic mass is 16.6. The lowest BCUT2D eigenvalue weighted by Crippen LogP contribution is -2.21. The second-order valence-electron chi connectivity index (χ2n) is 5.71. The number of rotatable bonds is 8. The molecule has 1 fully saturated rings. The van der Waals surface area contributed by atoms with Gasteiger partial charge in [0.1, 0.15) is 12.2 Å². The van der Waals surface area contributed by atoms with Crippen molar-refractivity contribution in [1.29, 1.82) is 0 Å². The summed E-state index contributed by atoms with van der Waals surface area (Å²) in [5.74, 6) is -0.271. The third-order valence-corrected chi connectivity index (χ3v) is 3.85. The van der Waals surface area contributed by atoms with Crippen molar-refractivity contribution < 1.29 is 14.3 Å². The first-order chi connectivity index (χ1) is 9.65. The Bertz CT molecular complexity index is 429. The van der Waals surface area contributed by atoms with Gasteiger partial charge in [-0.15, -0.1) is 0 Å². The van der Waals surface area contributed by atoms with Gasteiger partial charge in [-0.25, -0.2) is 4.79 Å². The van der Waals surface area contributed by atoms with E-state index in [0.29, 0.717) is 12.2 Å². The van der Waals surface area contributed by atoms with Gasteiger partial charge in [0, 0.05) is 0 Å². The Hall–Kier alpha value is -1.35. The van der Waals surface area contributed by atoms with Gasteiger partial charge in [-0.3, -0.25) is 0 Å². The third-order valence-electron chi connectivity index (χ3n) is 3.85. The number of benzene rings is 1. The van der Waals surface area contributed by atoms with Gasteiger partial charge in [0.05, 0.1) is 11.7 Å². The average molecular weight is 276 g/mol. The number of hydrogen-bond donors (Lipinski definition) is 0. The van der Waals surface area contributed by atoms with Gasteiger partial charge in [-0.2, -0.15) is 0 Å². The van der Waals surface area contributed by atoms with Crippen LogP contribution >= 0.6 is 0 Å². The summed E-state index contributed by atoms with van der Waals surface area (Å²) in [4.78, 5) is 11.8. The molecule has 2 atom stereocenters. The average Bonchev–Trinajstić information content (AvgIpc) is 3.13. The van der Waals surface area contributed by atoms with Crippen LogP contribution in [0.3, 0.4) is 0 Å². The van der Waals surface area contributed by atoms with Crippen molar-refractivity contribution in [2.24, 2.45) is 0 Å². The summed E-state index contributed by atoms with van der Waals surface area (Å²) in [7, 11) is 0. The van der Waals surface area contributed by atoms with Crippen molar-refractivity contribution >= 4 is 5.97 Å². The topological polar surface area (TPSA) is 38.8 Å². The van der Waals surface area contributed by atoms with Crippen molar-refractivity contribution in [3.8, 4) is 0 Å². The molecule has 2 rings (SSSR count). The van der Waals surface area contributed by atoms with Gasteiger partial charge < -0.3 is 9.47 Å². The maximum absolute atomic E-state index is 11.8. The lowest BCUT2D eigenvalue weighted by Gasteiger charge is -2.08. The minimum absolute atomic E-state index is 0.253. The Labute approximate surface area is 121 Å². The van der Waals surface area contributed by atoms with Crippen LogP contribution in [0.5, 0.6) is 0 Å². The van der Waals surface area contributed by atoms with Gasteiger partial charge in [0.25, 0.3) is 0 Å². The van der Waals surface area contributed by atoms with E-state index in [0.717, 1.165) is 6.42 Å². The number of carbonyl (C=O) groups excluding carboxylic acids is 1. The monoisotopic (exact) mass is 276 g/mol. The lowest BCUT2D eigenvalue weighted by atomic mass is 10.0. The molecular weight excluding hydrogens is 252 g/mol. The highest BCUT2D eigenvalue weighted by Crippen LogP contribution is 2.39. The largest absolute Gasteiger partial charge is 0.459 e. The number of hydrogen-bond acceptors (Lipinski definition) is 3. The zero-order chi connectivity index (χ0) is 14.4. The van der Waals surface area contributed by atoms with E-state index >= 15 is 0 Å². The zero-order valence-corrected chi connectivity index (χ0v) is 12.4. The smallest absolute Gasteiger partial charge is 0.338 e. The summed E-state index contributed by atoms with van der Waals surface area (Å²) < 4.78 is 11.0. The van der Waals surface area contributed by atoms with E-state index in [9.17, 15) is 4.79 Å². The highest BCUT2D eigenvalue weighted by Gasteiger charge is 2.52. The van der Waals surface area contributed by atoms with Crippen molar-refractivity contribution in [2.45, 2.75) is 57.7 Å². The van der Waals surface area contributed by atoms with Crippen LogP contribution in [-0.4, -0.2) is 24.3 Å². The van der Waals surface area contributed by atoms with Crippen molar-refractivity contribution in [1.82, 2.24) is 0 Å². The van der Waals surface area contributed by atoms with E-state index in [1.807, 2.05) is 25.1 Å². The standard InChI is InChI=1S/C17H24O3/c1-3-4-5-9-12-15-17(2,20-15)13-19-16(18)14-10-7-6-8-11-14/h6-8,10-11,15H,3-5,9,12-13H2,1-2H3. The van der Waals surface area contributed by atoms with Crippen LogP contribution in [0.1, 0.15) is 56.3 Å². The van der Waals surface area contributed by atoms with Gasteiger partial charge in [0.15, 0.2) is 0 Å². The molecule has 0 radical (unpaired) electrons. The first kappa shape index (κ1) is 15.0.